The molecule has 2 heterocycles. The first-order valence-corrected chi connectivity index (χ1v) is 13.2. The van der Waals surface area contributed by atoms with E-state index in [1.165, 1.54) is 13.1 Å². The van der Waals surface area contributed by atoms with Crippen molar-refractivity contribution in [2.45, 2.75) is 64.4 Å². The third-order valence-electron chi connectivity index (χ3n) is 5.19. The Bertz CT molecular complexity index is 1220. The maximum absolute atomic E-state index is 13.6. The van der Waals surface area contributed by atoms with Gasteiger partial charge in [0.15, 0.2) is 6.23 Å². The second-order valence-electron chi connectivity index (χ2n) is 8.56. The van der Waals surface area contributed by atoms with Crippen LogP contribution in [0.2, 0.25) is 0 Å². The number of nitrogens with one attached hydrogen (secondary N) is 2. The average molecular weight is 544 g/mol. The zero-order valence-electron chi connectivity index (χ0n) is 20.2. The van der Waals surface area contributed by atoms with Gasteiger partial charge in [0.25, 0.3) is 0 Å². The number of benzene rings is 1. The molecule has 6 atom stereocenters. The van der Waals surface area contributed by atoms with E-state index < -0.39 is 62.7 Å². The number of H-pyrrole nitrogens is 1. The van der Waals surface area contributed by atoms with Crippen LogP contribution in [0.3, 0.4) is 0 Å². The lowest BCUT2D eigenvalue weighted by Gasteiger charge is -2.25. The second kappa shape index (κ2) is 11.8. The monoisotopic (exact) mass is 543 g/mol. The molecule has 0 bridgehead atoms. The summed E-state index contributed by atoms with van der Waals surface area (Å²) >= 11 is 5.04. The molecule has 0 spiro atoms. The number of aliphatic hydroxyl groups excluding tert-OH is 2. The summed E-state index contributed by atoms with van der Waals surface area (Å²) in [5.41, 5.74) is -0.0810. The first-order valence-electron chi connectivity index (χ1n) is 11.2. The molecule has 1 saturated heterocycles. The fourth-order valence-corrected chi connectivity index (χ4v) is 5.02. The van der Waals surface area contributed by atoms with Gasteiger partial charge in [0.1, 0.15) is 34.7 Å². The number of carbonyl (C=O) groups is 1. The van der Waals surface area contributed by atoms with Gasteiger partial charge in [-0.15, -0.1) is 0 Å². The largest absolute Gasteiger partial charge is 0.462 e. The topological polar surface area (TPSA) is 161 Å². The van der Waals surface area contributed by atoms with Crippen LogP contribution in [0.1, 0.15) is 32.6 Å². The predicted octanol–water partition coefficient (Wildman–Crippen LogP) is 1.97. The maximum Gasteiger partial charge on any atom is 0.459 e. The highest BCUT2D eigenvalue weighted by Crippen LogP contribution is 2.46. The molecule has 0 aliphatic carbocycles. The number of para-hydroxylation sites is 1. The normalized spacial score (nSPS) is 24.3. The van der Waals surface area contributed by atoms with Crippen molar-refractivity contribution in [1.29, 1.82) is 0 Å². The Balaban J connectivity index is 1.77. The number of hydrogen-bond acceptors (Lipinski definition) is 10. The molecule has 1 fully saturated rings. The summed E-state index contributed by atoms with van der Waals surface area (Å²) < 4.78 is 36.8. The van der Waals surface area contributed by atoms with Crippen LogP contribution in [-0.2, 0) is 23.4 Å². The van der Waals surface area contributed by atoms with Gasteiger partial charge in [0.05, 0.1) is 12.7 Å². The third-order valence-corrected chi connectivity index (χ3v) is 7.26. The van der Waals surface area contributed by atoms with E-state index in [9.17, 15) is 24.4 Å². The van der Waals surface area contributed by atoms with Crippen molar-refractivity contribution in [2.75, 3.05) is 6.61 Å². The lowest BCUT2D eigenvalue weighted by Crippen LogP contribution is -2.38. The summed E-state index contributed by atoms with van der Waals surface area (Å²) in [5, 5.41) is 23.6. The molecule has 1 aromatic heterocycles. The van der Waals surface area contributed by atoms with Crippen molar-refractivity contribution in [3.63, 3.8) is 0 Å². The van der Waals surface area contributed by atoms with Crippen LogP contribution < -0.4 is 15.3 Å². The molecular weight excluding hydrogens is 513 g/mol. The van der Waals surface area contributed by atoms with Gasteiger partial charge in [0, 0.05) is 11.8 Å². The maximum atomic E-state index is 13.6. The number of aryl methyl sites for hydroxylation is 1. The van der Waals surface area contributed by atoms with Gasteiger partial charge in [-0.3, -0.25) is 18.9 Å². The second-order valence-corrected chi connectivity index (χ2v) is 10.7. The average Bonchev–Trinajstić information content (AvgIpc) is 3.08. The smallest absolute Gasteiger partial charge is 0.459 e. The number of nitrogens with zero attached hydrogens (tertiary/aromatic N) is 1. The number of aliphatic hydroxyl groups is 2. The lowest BCUT2D eigenvalue weighted by atomic mass is 10.1. The molecule has 1 aromatic carbocycles. The highest BCUT2D eigenvalue weighted by Gasteiger charge is 2.46. The predicted molar refractivity (Wildman–Crippen MR) is 131 cm³/mol. The van der Waals surface area contributed by atoms with E-state index in [2.05, 4.69) is 10.1 Å². The molecule has 198 valence electrons. The van der Waals surface area contributed by atoms with Crippen molar-refractivity contribution in [3.05, 3.63) is 57.2 Å². The summed E-state index contributed by atoms with van der Waals surface area (Å²) in [7, 11) is -4.22. The molecule has 1 aliphatic rings. The molecule has 0 amide bonds. The highest BCUT2D eigenvalue weighted by atomic mass is 32.1. The molecule has 12 nitrogen and oxygen atoms in total. The molecule has 4 N–H and O–H groups in total. The van der Waals surface area contributed by atoms with Gasteiger partial charge < -0.3 is 24.2 Å². The Morgan fingerprint density at radius 3 is 2.56 bits per heavy atom. The third kappa shape index (κ3) is 6.88. The zero-order valence-corrected chi connectivity index (χ0v) is 21.9. The number of hydrogen-bond donors (Lipinski definition) is 4. The van der Waals surface area contributed by atoms with Crippen molar-refractivity contribution in [3.8, 4) is 5.75 Å². The van der Waals surface area contributed by atoms with Gasteiger partial charge in [-0.25, -0.2) is 9.36 Å². The molecule has 14 heteroatoms. The molecule has 3 rings (SSSR count). The number of ether oxygens (including phenoxy) is 2. The Kier molecular flexibility index (Phi) is 9.23. The SMILES string of the molecule is Cc1cn([C@H]2O[C@@H](CO[P@](=O)(N[C@@H](C)C(=O)OC(C)C)Oc3ccccc3)C(O)[C@H]2O)c(=O)[nH]c1=S. The van der Waals surface area contributed by atoms with Crippen LogP contribution in [0.25, 0.3) is 0 Å². The molecule has 0 saturated carbocycles. The molecular formula is C22H30N3O9PS. The Morgan fingerprint density at radius 2 is 1.92 bits per heavy atom. The van der Waals surface area contributed by atoms with Crippen LogP contribution in [0.4, 0.5) is 0 Å². The number of carbonyl (C=O) groups excluding carboxylic acids is 1. The summed E-state index contributed by atoms with van der Waals surface area (Å²) in [6.07, 6.45) is -4.42. The Hall–Kier alpha value is -2.38. The number of esters is 1. The van der Waals surface area contributed by atoms with E-state index in [1.807, 2.05) is 0 Å². The zero-order chi connectivity index (χ0) is 26.6. The van der Waals surface area contributed by atoms with E-state index in [4.69, 9.17) is 30.7 Å². The summed E-state index contributed by atoms with van der Waals surface area (Å²) in [4.78, 5) is 27.1. The highest BCUT2D eigenvalue weighted by molar-refractivity contribution is 7.71. The lowest BCUT2D eigenvalue weighted by molar-refractivity contribution is -0.149. The van der Waals surface area contributed by atoms with Gasteiger partial charge in [-0.05, 0) is 39.8 Å². The summed E-state index contributed by atoms with van der Waals surface area (Å²) in [5.74, 6) is -0.473. The van der Waals surface area contributed by atoms with Crippen molar-refractivity contribution in [2.24, 2.45) is 0 Å². The van der Waals surface area contributed by atoms with Crippen LogP contribution in [0, 0.1) is 11.6 Å². The molecule has 2 aromatic rings. The van der Waals surface area contributed by atoms with Crippen molar-refractivity contribution in [1.82, 2.24) is 14.6 Å². The molecule has 1 aliphatic heterocycles. The van der Waals surface area contributed by atoms with Crippen LogP contribution in [0.15, 0.2) is 41.3 Å². The molecule has 1 unspecified atom stereocenters. The first-order chi connectivity index (χ1) is 16.9. The number of rotatable bonds is 10. The van der Waals surface area contributed by atoms with Gasteiger partial charge in [-0.2, -0.15) is 5.09 Å². The van der Waals surface area contributed by atoms with E-state index in [0.717, 1.165) is 4.57 Å². The van der Waals surface area contributed by atoms with Gasteiger partial charge in [0.2, 0.25) is 0 Å². The molecule has 0 radical (unpaired) electrons. The quantitative estimate of drug-likeness (QED) is 0.197. The Labute approximate surface area is 212 Å². The minimum absolute atomic E-state index is 0.199. The minimum atomic E-state index is -4.22. The summed E-state index contributed by atoms with van der Waals surface area (Å²) in [6, 6.07) is 7.08. The number of aromatic nitrogens is 2. The fourth-order valence-electron chi connectivity index (χ4n) is 3.38. The van der Waals surface area contributed by atoms with E-state index >= 15 is 0 Å². The van der Waals surface area contributed by atoms with Crippen LogP contribution in [0.5, 0.6) is 5.75 Å². The number of aromatic amines is 1. The first kappa shape index (κ1) is 28.2. The van der Waals surface area contributed by atoms with E-state index in [-0.39, 0.29) is 10.4 Å². The van der Waals surface area contributed by atoms with E-state index in [0.29, 0.717) is 5.56 Å². The standard InChI is InChI=1S/C22H30N3O9PS/c1-12(2)32-21(28)14(4)24-35(30,34-15-8-6-5-7-9-15)31-11-16-17(26)18(27)20(33-16)25-10-13(3)19(36)23-22(25)29/h5-10,12,14,16-18,20,26-27H,11H2,1-4H3,(H,24,30)(H,23,29,36)/t14-,16-,17?,18+,20-,35+/m0/s1. The summed E-state index contributed by atoms with van der Waals surface area (Å²) in [6.45, 7) is 5.95. The minimum Gasteiger partial charge on any atom is -0.462 e. The van der Waals surface area contributed by atoms with Gasteiger partial charge in [-0.1, -0.05) is 30.4 Å². The van der Waals surface area contributed by atoms with Gasteiger partial charge >= 0.3 is 19.4 Å². The van der Waals surface area contributed by atoms with Crippen LogP contribution >= 0.6 is 20.0 Å². The van der Waals surface area contributed by atoms with Crippen molar-refractivity contribution >= 4 is 25.9 Å². The Morgan fingerprint density at radius 1 is 1.25 bits per heavy atom. The van der Waals surface area contributed by atoms with E-state index in [1.54, 1.807) is 51.1 Å². The fraction of sp³-hybridized carbons (Fsp3) is 0.500. The van der Waals surface area contributed by atoms with Crippen LogP contribution in [-0.4, -0.2) is 62.8 Å². The molecule has 36 heavy (non-hydrogen) atoms. The van der Waals surface area contributed by atoms with Crippen molar-refractivity contribution < 1.29 is 38.1 Å².